The van der Waals surface area contributed by atoms with Gasteiger partial charge >= 0.3 is 0 Å². The Morgan fingerprint density at radius 2 is 2.35 bits per heavy atom. The Morgan fingerprint density at radius 1 is 1.59 bits per heavy atom. The van der Waals surface area contributed by atoms with Gasteiger partial charge in [-0.25, -0.2) is 0 Å². The Labute approximate surface area is 102 Å². The standard InChI is InChI=1S/C12H20N4O/c1-8-4-10(6-13-5-8)14-12(17)11-7-16(3)15-9(11)2/h7-8,10,13H,4-6H2,1-3H3,(H,14,17). The normalized spacial score (nSPS) is 24.6. The zero-order chi connectivity index (χ0) is 12.4. The average Bonchev–Trinajstić information content (AvgIpc) is 2.58. The SMILES string of the molecule is Cc1nn(C)cc1C(=O)NC1CNCC(C)C1. The molecule has 1 aromatic heterocycles. The molecule has 2 rings (SSSR count). The number of nitrogens with zero attached hydrogens (tertiary/aromatic N) is 2. The lowest BCUT2D eigenvalue weighted by molar-refractivity contribution is 0.0924. The van der Waals surface area contributed by atoms with E-state index in [0.29, 0.717) is 11.5 Å². The number of aryl methyl sites for hydroxylation is 2. The summed E-state index contributed by atoms with van der Waals surface area (Å²) in [6.07, 6.45) is 2.81. The van der Waals surface area contributed by atoms with E-state index in [4.69, 9.17) is 0 Å². The van der Waals surface area contributed by atoms with Crippen LogP contribution in [0.4, 0.5) is 0 Å². The highest BCUT2D eigenvalue weighted by Crippen LogP contribution is 2.11. The lowest BCUT2D eigenvalue weighted by atomic mass is 9.97. The summed E-state index contributed by atoms with van der Waals surface area (Å²) >= 11 is 0. The summed E-state index contributed by atoms with van der Waals surface area (Å²) in [4.78, 5) is 12.1. The van der Waals surface area contributed by atoms with Crippen LogP contribution in [0.1, 0.15) is 29.4 Å². The van der Waals surface area contributed by atoms with Gasteiger partial charge in [-0.3, -0.25) is 9.48 Å². The Kier molecular flexibility index (Phi) is 3.47. The number of piperidine rings is 1. The van der Waals surface area contributed by atoms with Crippen LogP contribution in [0.25, 0.3) is 0 Å². The van der Waals surface area contributed by atoms with Gasteiger partial charge in [0, 0.05) is 25.8 Å². The van der Waals surface area contributed by atoms with Crippen LogP contribution in [-0.4, -0.2) is 34.8 Å². The number of hydrogen-bond acceptors (Lipinski definition) is 3. The number of carbonyl (C=O) groups is 1. The van der Waals surface area contributed by atoms with E-state index >= 15 is 0 Å². The van der Waals surface area contributed by atoms with E-state index in [-0.39, 0.29) is 11.9 Å². The van der Waals surface area contributed by atoms with Crippen molar-refractivity contribution in [2.24, 2.45) is 13.0 Å². The fourth-order valence-corrected chi connectivity index (χ4v) is 2.35. The predicted octanol–water partition coefficient (Wildman–Crippen LogP) is 0.456. The smallest absolute Gasteiger partial charge is 0.255 e. The summed E-state index contributed by atoms with van der Waals surface area (Å²) in [6, 6.07) is 0.228. The third-order valence-electron chi connectivity index (χ3n) is 3.16. The van der Waals surface area contributed by atoms with Gasteiger partial charge in [0.05, 0.1) is 11.3 Å². The molecule has 1 saturated heterocycles. The van der Waals surface area contributed by atoms with Gasteiger partial charge in [0.15, 0.2) is 0 Å². The lowest BCUT2D eigenvalue weighted by Gasteiger charge is -2.28. The summed E-state index contributed by atoms with van der Waals surface area (Å²) in [6.45, 7) is 5.95. The highest BCUT2D eigenvalue weighted by atomic mass is 16.1. The van der Waals surface area contributed by atoms with Gasteiger partial charge < -0.3 is 10.6 Å². The van der Waals surface area contributed by atoms with Gasteiger partial charge in [-0.2, -0.15) is 5.10 Å². The molecule has 5 heteroatoms. The van der Waals surface area contributed by atoms with Crippen LogP contribution in [-0.2, 0) is 7.05 Å². The van der Waals surface area contributed by atoms with Gasteiger partial charge in [-0.15, -0.1) is 0 Å². The van der Waals surface area contributed by atoms with Crippen molar-refractivity contribution in [2.75, 3.05) is 13.1 Å². The first-order valence-corrected chi connectivity index (χ1v) is 6.08. The minimum absolute atomic E-state index is 0.0171. The van der Waals surface area contributed by atoms with Crippen molar-refractivity contribution in [1.82, 2.24) is 20.4 Å². The second-order valence-electron chi connectivity index (χ2n) is 4.97. The minimum atomic E-state index is -0.0171. The molecule has 5 nitrogen and oxygen atoms in total. The molecule has 94 valence electrons. The first kappa shape index (κ1) is 12.1. The Morgan fingerprint density at radius 3 is 2.94 bits per heavy atom. The van der Waals surface area contributed by atoms with Crippen LogP contribution in [0.3, 0.4) is 0 Å². The topological polar surface area (TPSA) is 59.0 Å². The molecule has 2 N–H and O–H groups in total. The van der Waals surface area contributed by atoms with Crippen molar-refractivity contribution >= 4 is 5.91 Å². The maximum Gasteiger partial charge on any atom is 0.255 e. The summed E-state index contributed by atoms with van der Waals surface area (Å²) in [5.74, 6) is 0.598. The maximum absolute atomic E-state index is 12.1. The highest BCUT2D eigenvalue weighted by Gasteiger charge is 2.21. The van der Waals surface area contributed by atoms with E-state index in [0.717, 1.165) is 25.2 Å². The zero-order valence-electron chi connectivity index (χ0n) is 10.7. The van der Waals surface area contributed by atoms with Crippen LogP contribution in [0, 0.1) is 12.8 Å². The van der Waals surface area contributed by atoms with Gasteiger partial charge in [-0.1, -0.05) is 6.92 Å². The summed E-state index contributed by atoms with van der Waals surface area (Å²) in [7, 11) is 1.83. The molecule has 1 aliphatic rings. The van der Waals surface area contributed by atoms with E-state index in [9.17, 15) is 4.79 Å². The van der Waals surface area contributed by atoms with Crippen molar-refractivity contribution < 1.29 is 4.79 Å². The van der Waals surface area contributed by atoms with Gasteiger partial charge in [-0.05, 0) is 25.8 Å². The van der Waals surface area contributed by atoms with E-state index in [1.54, 1.807) is 10.9 Å². The molecule has 0 bridgehead atoms. The van der Waals surface area contributed by atoms with Crippen molar-refractivity contribution in [3.63, 3.8) is 0 Å². The van der Waals surface area contributed by atoms with E-state index in [1.807, 2.05) is 14.0 Å². The van der Waals surface area contributed by atoms with Gasteiger partial charge in [0.1, 0.15) is 0 Å². The van der Waals surface area contributed by atoms with Crippen LogP contribution in [0.15, 0.2) is 6.20 Å². The molecule has 1 amide bonds. The Bertz CT molecular complexity index is 413. The molecular weight excluding hydrogens is 216 g/mol. The first-order valence-electron chi connectivity index (χ1n) is 6.08. The summed E-state index contributed by atoms with van der Waals surface area (Å²) < 4.78 is 1.67. The van der Waals surface area contributed by atoms with E-state index in [2.05, 4.69) is 22.7 Å². The number of amides is 1. The molecule has 17 heavy (non-hydrogen) atoms. The van der Waals surface area contributed by atoms with Crippen molar-refractivity contribution in [3.05, 3.63) is 17.5 Å². The lowest BCUT2D eigenvalue weighted by Crippen LogP contribution is -2.48. The summed E-state index contributed by atoms with van der Waals surface area (Å²) in [5, 5.41) is 10.6. The van der Waals surface area contributed by atoms with E-state index in [1.165, 1.54) is 0 Å². The molecule has 2 heterocycles. The van der Waals surface area contributed by atoms with Crippen molar-refractivity contribution in [3.8, 4) is 0 Å². The molecular formula is C12H20N4O. The molecule has 0 radical (unpaired) electrons. The molecule has 2 atom stereocenters. The molecule has 0 aromatic carbocycles. The largest absolute Gasteiger partial charge is 0.348 e. The monoisotopic (exact) mass is 236 g/mol. The molecule has 1 fully saturated rings. The second-order valence-corrected chi connectivity index (χ2v) is 4.97. The van der Waals surface area contributed by atoms with Crippen LogP contribution >= 0.6 is 0 Å². The third kappa shape index (κ3) is 2.85. The fraction of sp³-hybridized carbons (Fsp3) is 0.667. The molecule has 0 aliphatic carbocycles. The number of aromatic nitrogens is 2. The molecule has 0 saturated carbocycles. The van der Waals surface area contributed by atoms with Crippen LogP contribution in [0.5, 0.6) is 0 Å². The number of hydrogen-bond donors (Lipinski definition) is 2. The number of rotatable bonds is 2. The van der Waals surface area contributed by atoms with Crippen LogP contribution < -0.4 is 10.6 Å². The number of carbonyl (C=O) groups excluding carboxylic acids is 1. The van der Waals surface area contributed by atoms with Gasteiger partial charge in [0.2, 0.25) is 0 Å². The molecule has 2 unspecified atom stereocenters. The Balaban J connectivity index is 1.99. The molecule has 0 spiro atoms. The quantitative estimate of drug-likeness (QED) is 0.784. The zero-order valence-corrected chi connectivity index (χ0v) is 10.7. The van der Waals surface area contributed by atoms with Crippen LogP contribution in [0.2, 0.25) is 0 Å². The van der Waals surface area contributed by atoms with Crippen molar-refractivity contribution in [1.29, 1.82) is 0 Å². The molecule has 1 aliphatic heterocycles. The third-order valence-corrected chi connectivity index (χ3v) is 3.16. The predicted molar refractivity (Wildman–Crippen MR) is 65.8 cm³/mol. The van der Waals surface area contributed by atoms with E-state index < -0.39 is 0 Å². The van der Waals surface area contributed by atoms with Gasteiger partial charge in [0.25, 0.3) is 5.91 Å². The summed E-state index contributed by atoms with van der Waals surface area (Å²) in [5.41, 5.74) is 1.45. The first-order chi connectivity index (χ1) is 8.06. The highest BCUT2D eigenvalue weighted by molar-refractivity contribution is 5.95. The number of nitrogens with one attached hydrogen (secondary N) is 2. The van der Waals surface area contributed by atoms with Crippen molar-refractivity contribution in [2.45, 2.75) is 26.3 Å². The fourth-order valence-electron chi connectivity index (χ4n) is 2.35. The second kappa shape index (κ2) is 4.87. The maximum atomic E-state index is 12.1. The average molecular weight is 236 g/mol. The molecule has 1 aromatic rings. The Hall–Kier alpha value is -1.36. The minimum Gasteiger partial charge on any atom is -0.348 e.